The van der Waals surface area contributed by atoms with E-state index >= 15 is 0 Å². The molecule has 1 aromatic rings. The Balaban J connectivity index is 1.88. The number of benzene rings is 1. The minimum atomic E-state index is 0.442. The van der Waals surface area contributed by atoms with Crippen molar-refractivity contribution in [1.82, 2.24) is 4.48 Å². The molecule has 1 spiro atoms. The second-order valence-electron chi connectivity index (χ2n) is 6.40. The van der Waals surface area contributed by atoms with Gasteiger partial charge in [0.15, 0.2) is 0 Å². The zero-order valence-corrected chi connectivity index (χ0v) is 11.2. The number of nitrogens with two attached hydrogens (primary N) is 1. The van der Waals surface area contributed by atoms with Gasteiger partial charge in [-0.15, -0.1) is 0 Å². The molecule has 4 unspecified atom stereocenters. The summed E-state index contributed by atoms with van der Waals surface area (Å²) < 4.78 is 1.12. The third-order valence-electron chi connectivity index (χ3n) is 5.97. The number of nitrogens with zero attached hydrogens (tertiary/aromatic N) is 1. The first kappa shape index (κ1) is 10.8. The van der Waals surface area contributed by atoms with Crippen LogP contribution in [-0.4, -0.2) is 18.1 Å². The zero-order chi connectivity index (χ0) is 12.5. The van der Waals surface area contributed by atoms with Gasteiger partial charge in [-0.3, -0.25) is 4.48 Å². The Labute approximate surface area is 109 Å². The number of rotatable bonds is 2. The molecule has 18 heavy (non-hydrogen) atoms. The molecule has 1 aliphatic carbocycles. The van der Waals surface area contributed by atoms with Crippen LogP contribution in [0.15, 0.2) is 30.5 Å². The molecule has 0 aromatic heterocycles. The van der Waals surface area contributed by atoms with Crippen molar-refractivity contribution in [3.05, 3.63) is 36.0 Å². The molecule has 3 heterocycles. The average molecular weight is 241 g/mol. The van der Waals surface area contributed by atoms with Crippen LogP contribution in [0, 0.1) is 5.92 Å². The van der Waals surface area contributed by atoms with Crippen molar-refractivity contribution in [2.24, 2.45) is 11.7 Å². The molecule has 3 aliphatic heterocycles. The molecule has 94 valence electrons. The standard InChI is InChI=1S/C16H21N2/c1-11-15-9-16(11,2)18(15)10-12(7-8-17)13-5-3-4-6-14(13)18/h3-6,10-11,15H,7-9,17H2,1-2H3/q+1. The van der Waals surface area contributed by atoms with Gasteiger partial charge in [0.05, 0.1) is 12.3 Å². The molecule has 4 aliphatic rings. The molecule has 0 amide bonds. The van der Waals surface area contributed by atoms with Crippen LogP contribution < -0.4 is 10.2 Å². The van der Waals surface area contributed by atoms with Gasteiger partial charge in [-0.2, -0.15) is 0 Å². The Morgan fingerprint density at radius 1 is 1.39 bits per heavy atom. The highest BCUT2D eigenvalue weighted by atomic mass is 15.5. The smallest absolute Gasteiger partial charge is 0.145 e. The lowest BCUT2D eigenvalue weighted by Crippen LogP contribution is -2.93. The van der Waals surface area contributed by atoms with Crippen LogP contribution in [0.25, 0.3) is 5.57 Å². The third-order valence-corrected chi connectivity index (χ3v) is 5.97. The van der Waals surface area contributed by atoms with Crippen molar-refractivity contribution < 1.29 is 0 Å². The summed E-state index contributed by atoms with van der Waals surface area (Å²) in [5, 5.41) is 0. The van der Waals surface area contributed by atoms with Gasteiger partial charge < -0.3 is 5.73 Å². The van der Waals surface area contributed by atoms with Crippen molar-refractivity contribution in [1.29, 1.82) is 0 Å². The van der Waals surface area contributed by atoms with Crippen molar-refractivity contribution >= 4 is 11.3 Å². The second kappa shape index (κ2) is 3.06. The Hall–Kier alpha value is -1.12. The highest BCUT2D eigenvalue weighted by Gasteiger charge is 2.82. The molecule has 2 saturated heterocycles. The van der Waals surface area contributed by atoms with E-state index in [1.807, 2.05) is 0 Å². The molecule has 2 bridgehead atoms. The van der Waals surface area contributed by atoms with Crippen molar-refractivity contribution in [3.63, 3.8) is 0 Å². The van der Waals surface area contributed by atoms with Gasteiger partial charge >= 0.3 is 0 Å². The molecule has 1 saturated carbocycles. The Morgan fingerprint density at radius 3 is 2.78 bits per heavy atom. The van der Waals surface area contributed by atoms with Crippen LogP contribution in [0.5, 0.6) is 0 Å². The van der Waals surface area contributed by atoms with Crippen LogP contribution in [0.3, 0.4) is 0 Å². The first-order valence-corrected chi connectivity index (χ1v) is 7.05. The van der Waals surface area contributed by atoms with Crippen LogP contribution >= 0.6 is 0 Å². The number of quaternary nitrogens is 1. The fraction of sp³-hybridized carbons (Fsp3) is 0.500. The molecule has 0 radical (unpaired) electrons. The lowest BCUT2D eigenvalue weighted by atomic mass is 9.50. The molecule has 1 aromatic carbocycles. The van der Waals surface area contributed by atoms with Crippen molar-refractivity contribution in [3.8, 4) is 0 Å². The van der Waals surface area contributed by atoms with Gasteiger partial charge in [-0.05, 0) is 26.0 Å². The minimum Gasteiger partial charge on any atom is -0.330 e. The minimum absolute atomic E-state index is 0.442. The van der Waals surface area contributed by atoms with E-state index in [0.29, 0.717) is 5.54 Å². The van der Waals surface area contributed by atoms with Gasteiger partial charge in [0.25, 0.3) is 0 Å². The predicted octanol–water partition coefficient (Wildman–Crippen LogP) is 2.88. The summed E-state index contributed by atoms with van der Waals surface area (Å²) >= 11 is 0. The summed E-state index contributed by atoms with van der Waals surface area (Å²) in [6.45, 7) is 5.61. The number of hydrogen-bond donors (Lipinski definition) is 1. The Morgan fingerprint density at radius 2 is 2.17 bits per heavy atom. The SMILES string of the molecule is CC1C2CC1(C)[N+]21C=C(CCN)c2ccccc21. The average Bonchev–Trinajstić information content (AvgIpc) is 2.76. The van der Waals surface area contributed by atoms with Gasteiger partial charge in [0, 0.05) is 17.2 Å². The van der Waals surface area contributed by atoms with Crippen molar-refractivity contribution in [2.45, 2.75) is 38.3 Å². The van der Waals surface area contributed by atoms with Gasteiger partial charge in [0.1, 0.15) is 23.5 Å². The first-order chi connectivity index (χ1) is 8.65. The van der Waals surface area contributed by atoms with Crippen LogP contribution in [-0.2, 0) is 0 Å². The van der Waals surface area contributed by atoms with E-state index in [9.17, 15) is 0 Å². The van der Waals surface area contributed by atoms with E-state index in [1.54, 1.807) is 0 Å². The third kappa shape index (κ3) is 0.856. The van der Waals surface area contributed by atoms with Crippen molar-refractivity contribution in [2.75, 3.05) is 6.54 Å². The summed E-state index contributed by atoms with van der Waals surface area (Å²) in [5.41, 5.74) is 10.7. The monoisotopic (exact) mass is 241 g/mol. The molecule has 5 rings (SSSR count). The molecular formula is C16H21N2+. The largest absolute Gasteiger partial charge is 0.330 e. The number of fused-ring (bicyclic) bond motifs is 1. The molecule has 2 N–H and O–H groups in total. The lowest BCUT2D eigenvalue weighted by Gasteiger charge is -2.76. The maximum absolute atomic E-state index is 5.77. The van der Waals surface area contributed by atoms with E-state index in [1.165, 1.54) is 23.2 Å². The van der Waals surface area contributed by atoms with Gasteiger partial charge in [-0.1, -0.05) is 19.1 Å². The predicted molar refractivity (Wildman–Crippen MR) is 75.9 cm³/mol. The topological polar surface area (TPSA) is 26.0 Å². The molecular weight excluding hydrogens is 220 g/mol. The van der Waals surface area contributed by atoms with Gasteiger partial charge in [-0.25, -0.2) is 0 Å². The molecule has 2 nitrogen and oxygen atoms in total. The van der Waals surface area contributed by atoms with Gasteiger partial charge in [0.2, 0.25) is 0 Å². The van der Waals surface area contributed by atoms with E-state index in [2.05, 4.69) is 44.3 Å². The fourth-order valence-electron chi connectivity index (χ4n) is 4.71. The Kier molecular flexibility index (Phi) is 1.83. The summed E-state index contributed by atoms with van der Waals surface area (Å²) in [5.74, 6) is 0.860. The maximum atomic E-state index is 5.77. The highest BCUT2D eigenvalue weighted by molar-refractivity contribution is 5.85. The lowest BCUT2D eigenvalue weighted by molar-refractivity contribution is -0.198. The summed E-state index contributed by atoms with van der Waals surface area (Å²) in [4.78, 5) is 0. The van der Waals surface area contributed by atoms with E-state index < -0.39 is 0 Å². The van der Waals surface area contributed by atoms with E-state index in [0.717, 1.165) is 29.4 Å². The van der Waals surface area contributed by atoms with E-state index in [-0.39, 0.29) is 0 Å². The maximum Gasteiger partial charge on any atom is 0.145 e. The first-order valence-electron chi connectivity index (χ1n) is 7.05. The zero-order valence-electron chi connectivity index (χ0n) is 11.2. The Bertz CT molecular complexity index is 562. The summed E-state index contributed by atoms with van der Waals surface area (Å²) in [6, 6.07) is 9.75. The normalized spacial score (nSPS) is 43.2. The second-order valence-corrected chi connectivity index (χ2v) is 6.40. The van der Waals surface area contributed by atoms with Crippen LogP contribution in [0.4, 0.5) is 5.69 Å². The summed E-state index contributed by atoms with van der Waals surface area (Å²) in [6.07, 6.45) is 4.91. The quantitative estimate of drug-likeness (QED) is 0.792. The number of para-hydroxylation sites is 1. The summed E-state index contributed by atoms with van der Waals surface area (Å²) in [7, 11) is 0. The highest BCUT2D eigenvalue weighted by Crippen LogP contribution is 2.70. The molecule has 2 heteroatoms. The fourth-order valence-corrected chi connectivity index (χ4v) is 4.71. The number of hydrogen-bond acceptors (Lipinski definition) is 1. The molecule has 4 atom stereocenters. The molecule has 3 fully saturated rings. The van der Waals surface area contributed by atoms with Crippen LogP contribution in [0.2, 0.25) is 0 Å². The van der Waals surface area contributed by atoms with Crippen LogP contribution in [0.1, 0.15) is 32.3 Å². The van der Waals surface area contributed by atoms with E-state index in [4.69, 9.17) is 5.73 Å².